The number of anilines is 2. The maximum absolute atomic E-state index is 14.4. The molecule has 0 spiro atoms. The number of carbonyl (C=O) groups is 2. The Hall–Kier alpha value is -5.98. The van der Waals surface area contributed by atoms with E-state index in [1.807, 2.05) is 73.3 Å². The standard InChI is InChI=1S/C57H74N10O6S/c1-39(58-2)53(68)64-52(41-16-9-6-10-17-41)56(69)66-29-13-20-50(66)54-62-49(38-74-54)45-25-26-51(46-19-12-11-18-44(45)46)73-35-33-71-31-30-70-32-34-72-43-23-21-42(22-24-43)61-57-59-28-27-48(63-57)47-36-60-67(55(47)65(3)4)37-40-14-7-5-8-15-40/h5,7-8,11-12,14-15,18-19,25-28,36,38-39,41-43,50,52,58H,6,9-10,13,16-17,20-24,29-35,37H2,1-4H3,(H,64,68)(H,59,61,63)/t39-,42-,43-,50-,52?/m0/s1. The van der Waals surface area contributed by atoms with Crippen molar-refractivity contribution in [2.24, 2.45) is 5.92 Å². The van der Waals surface area contributed by atoms with Gasteiger partial charge in [-0.15, -0.1) is 11.3 Å². The first-order chi connectivity index (χ1) is 36.2. The summed E-state index contributed by atoms with van der Waals surface area (Å²) in [6.07, 6.45) is 14.8. The van der Waals surface area contributed by atoms with E-state index in [2.05, 4.69) is 73.7 Å². The number of nitrogens with zero attached hydrogens (tertiary/aromatic N) is 7. The highest BCUT2D eigenvalue weighted by Crippen LogP contribution is 2.40. The highest BCUT2D eigenvalue weighted by atomic mass is 32.1. The van der Waals surface area contributed by atoms with Crippen LogP contribution in [0.2, 0.25) is 0 Å². The zero-order chi connectivity index (χ0) is 51.2. The quantitative estimate of drug-likeness (QED) is 0.0492. The van der Waals surface area contributed by atoms with Gasteiger partial charge < -0.3 is 44.7 Å². The van der Waals surface area contributed by atoms with Crippen molar-refractivity contribution in [3.8, 4) is 28.3 Å². The number of rotatable bonds is 24. The zero-order valence-corrected chi connectivity index (χ0v) is 44.4. The number of nitrogens with one attached hydrogen (secondary N) is 3. The monoisotopic (exact) mass is 1030 g/mol. The largest absolute Gasteiger partial charge is 0.491 e. The van der Waals surface area contributed by atoms with Crippen molar-refractivity contribution in [1.29, 1.82) is 0 Å². The Morgan fingerprint density at radius 2 is 1.53 bits per heavy atom. The minimum absolute atomic E-state index is 0.0232. The molecule has 6 aromatic rings. The van der Waals surface area contributed by atoms with Crippen molar-refractivity contribution in [1.82, 2.24) is 40.3 Å². The Morgan fingerprint density at radius 3 is 2.30 bits per heavy atom. The third kappa shape index (κ3) is 13.3. The SMILES string of the molecule is CN[C@@H](C)C(=O)NC(C(=O)N1CCC[C@H]1c1nc(-c2ccc(OCCOCCOCCO[C@H]3CC[C@H](Nc4nccc(-c5cnn(Cc6ccccc6)c5N(C)C)n4)CC3)c3ccccc23)cs1)C1CCCCC1. The van der Waals surface area contributed by atoms with E-state index in [-0.39, 0.29) is 42.0 Å². The lowest BCUT2D eigenvalue weighted by molar-refractivity contribution is -0.139. The van der Waals surface area contributed by atoms with Crippen molar-refractivity contribution >= 4 is 45.7 Å². The van der Waals surface area contributed by atoms with E-state index in [1.165, 1.54) is 12.0 Å². The summed E-state index contributed by atoms with van der Waals surface area (Å²) >= 11 is 1.60. The topological polar surface area (TPSA) is 170 Å². The molecular weight excluding hydrogens is 953 g/mol. The number of carbonyl (C=O) groups excluding carboxylic acids is 2. The normalized spacial score (nSPS) is 19.1. The molecule has 2 saturated carbocycles. The van der Waals surface area contributed by atoms with Crippen molar-refractivity contribution in [2.45, 2.75) is 114 Å². The molecule has 16 nitrogen and oxygen atoms in total. The minimum Gasteiger partial charge on any atom is -0.491 e. The lowest BCUT2D eigenvalue weighted by Crippen LogP contribution is -2.55. The van der Waals surface area contributed by atoms with Gasteiger partial charge in [0.1, 0.15) is 29.2 Å². The van der Waals surface area contributed by atoms with Gasteiger partial charge in [-0.05, 0) is 100 Å². The van der Waals surface area contributed by atoms with Crippen LogP contribution in [0.4, 0.5) is 11.8 Å². The molecule has 9 rings (SSSR count). The maximum Gasteiger partial charge on any atom is 0.246 e. The first-order valence-electron chi connectivity index (χ1n) is 26.8. The second-order valence-corrected chi connectivity index (χ2v) is 20.9. The lowest BCUT2D eigenvalue weighted by atomic mass is 9.83. The molecule has 4 heterocycles. The summed E-state index contributed by atoms with van der Waals surface area (Å²) in [6, 6.07) is 23.9. The van der Waals surface area contributed by atoms with Gasteiger partial charge in [-0.25, -0.2) is 19.6 Å². The molecule has 0 radical (unpaired) electrons. The molecule has 1 aliphatic heterocycles. The Balaban J connectivity index is 0.678. The van der Waals surface area contributed by atoms with Crippen LogP contribution in [0.25, 0.3) is 33.3 Å². The molecule has 3 atom stereocenters. The molecule has 2 aliphatic carbocycles. The predicted octanol–water partition coefficient (Wildman–Crippen LogP) is 8.92. The summed E-state index contributed by atoms with van der Waals surface area (Å²) in [6.45, 7) is 6.03. The summed E-state index contributed by atoms with van der Waals surface area (Å²) in [5.41, 5.74) is 4.91. The van der Waals surface area contributed by atoms with Crippen molar-refractivity contribution in [2.75, 3.05) is 77.5 Å². The Morgan fingerprint density at radius 1 is 0.784 bits per heavy atom. The van der Waals surface area contributed by atoms with E-state index in [0.717, 1.165) is 114 Å². The molecule has 0 bridgehead atoms. The van der Waals surface area contributed by atoms with E-state index in [4.69, 9.17) is 34.0 Å². The number of likely N-dealkylation sites (tertiary alicyclic amines) is 1. The third-order valence-electron chi connectivity index (χ3n) is 14.8. The molecule has 74 heavy (non-hydrogen) atoms. The van der Waals surface area contributed by atoms with E-state index >= 15 is 0 Å². The molecule has 17 heteroatoms. The average Bonchev–Trinajstić information content (AvgIpc) is 4.23. The van der Waals surface area contributed by atoms with Gasteiger partial charge in [-0.2, -0.15) is 5.10 Å². The zero-order valence-electron chi connectivity index (χ0n) is 43.5. The van der Waals surface area contributed by atoms with Crippen LogP contribution in [0.15, 0.2) is 90.6 Å². The molecule has 1 unspecified atom stereocenters. The van der Waals surface area contributed by atoms with E-state index < -0.39 is 6.04 Å². The number of benzene rings is 3. The molecule has 394 valence electrons. The average molecular weight is 1030 g/mol. The van der Waals surface area contributed by atoms with Gasteiger partial charge >= 0.3 is 0 Å². The number of ether oxygens (including phenoxy) is 4. The van der Waals surface area contributed by atoms with Crippen LogP contribution in [0, 0.1) is 5.92 Å². The van der Waals surface area contributed by atoms with E-state index in [0.29, 0.717) is 58.7 Å². The summed E-state index contributed by atoms with van der Waals surface area (Å²) in [4.78, 5) is 46.2. The fourth-order valence-corrected chi connectivity index (χ4v) is 11.7. The molecule has 3 aromatic heterocycles. The highest BCUT2D eigenvalue weighted by Gasteiger charge is 2.40. The molecular formula is C57H74N10O6S. The van der Waals surface area contributed by atoms with Crippen molar-refractivity contribution in [3.63, 3.8) is 0 Å². The van der Waals surface area contributed by atoms with E-state index in [1.54, 1.807) is 18.4 Å². The fourth-order valence-electron chi connectivity index (χ4n) is 10.8. The Bertz CT molecular complexity index is 2740. The van der Waals surface area contributed by atoms with Gasteiger partial charge in [0.2, 0.25) is 17.8 Å². The molecule has 3 N–H and O–H groups in total. The molecule has 3 aliphatic rings. The predicted molar refractivity (Wildman–Crippen MR) is 292 cm³/mol. The molecule has 2 amide bonds. The number of aromatic nitrogens is 5. The Kier molecular flexibility index (Phi) is 18.6. The van der Waals surface area contributed by atoms with Gasteiger partial charge in [-0.1, -0.05) is 73.9 Å². The van der Waals surface area contributed by atoms with Crippen LogP contribution < -0.4 is 25.6 Å². The van der Waals surface area contributed by atoms with Gasteiger partial charge in [0, 0.05) is 49.2 Å². The van der Waals surface area contributed by atoms with E-state index in [9.17, 15) is 9.59 Å². The number of hydrogen-bond acceptors (Lipinski definition) is 14. The van der Waals surface area contributed by atoms with Gasteiger partial charge in [-0.3, -0.25) is 9.59 Å². The number of hydrogen-bond donors (Lipinski definition) is 3. The van der Waals surface area contributed by atoms with Crippen LogP contribution in [-0.2, 0) is 30.3 Å². The lowest BCUT2D eigenvalue weighted by Gasteiger charge is -2.35. The van der Waals surface area contributed by atoms with Crippen LogP contribution in [0.3, 0.4) is 0 Å². The van der Waals surface area contributed by atoms with Crippen LogP contribution in [-0.4, -0.2) is 133 Å². The molecule has 3 fully saturated rings. The summed E-state index contributed by atoms with van der Waals surface area (Å²) in [5.74, 6) is 2.46. The van der Waals surface area contributed by atoms with Crippen LogP contribution in [0.5, 0.6) is 5.75 Å². The first kappa shape index (κ1) is 52.9. The number of fused-ring (bicyclic) bond motifs is 1. The maximum atomic E-state index is 14.4. The second-order valence-electron chi connectivity index (χ2n) is 20.1. The van der Waals surface area contributed by atoms with Crippen molar-refractivity contribution < 1.29 is 28.5 Å². The summed E-state index contributed by atoms with van der Waals surface area (Å²) in [5, 5.41) is 19.6. The third-order valence-corrected chi connectivity index (χ3v) is 15.7. The van der Waals surface area contributed by atoms with Crippen LogP contribution in [0.1, 0.15) is 94.2 Å². The molecule has 1 saturated heterocycles. The Labute approximate surface area is 439 Å². The van der Waals surface area contributed by atoms with Gasteiger partial charge in [0.15, 0.2) is 0 Å². The number of likely N-dealkylation sites (N-methyl/N-ethyl adjacent to an activating group) is 1. The minimum atomic E-state index is -0.522. The number of amides is 2. The van der Waals surface area contributed by atoms with Gasteiger partial charge in [0.25, 0.3) is 0 Å². The summed E-state index contributed by atoms with van der Waals surface area (Å²) < 4.78 is 26.2. The number of thiazole rings is 1. The fraction of sp³-hybridized carbons (Fsp3) is 0.509. The second kappa shape index (κ2) is 26.0. The van der Waals surface area contributed by atoms with Crippen molar-refractivity contribution in [3.05, 3.63) is 101 Å². The molecule has 3 aromatic carbocycles. The van der Waals surface area contributed by atoms with Gasteiger partial charge in [0.05, 0.1) is 80.9 Å². The first-order valence-corrected chi connectivity index (χ1v) is 27.6. The smallest absolute Gasteiger partial charge is 0.246 e. The highest BCUT2D eigenvalue weighted by molar-refractivity contribution is 7.10. The van der Waals surface area contributed by atoms with Crippen LogP contribution >= 0.6 is 11.3 Å². The summed E-state index contributed by atoms with van der Waals surface area (Å²) in [7, 11) is 5.84.